The van der Waals surface area contributed by atoms with Gasteiger partial charge in [0.2, 0.25) is 0 Å². The van der Waals surface area contributed by atoms with Crippen LogP contribution in [0.3, 0.4) is 0 Å². The summed E-state index contributed by atoms with van der Waals surface area (Å²) in [4.78, 5) is 0. The van der Waals surface area contributed by atoms with Gasteiger partial charge >= 0.3 is 6.18 Å². The number of halogens is 4. The van der Waals surface area contributed by atoms with E-state index in [9.17, 15) is 13.2 Å². The van der Waals surface area contributed by atoms with E-state index in [1.807, 2.05) is 0 Å². The Labute approximate surface area is 95.8 Å². The highest BCUT2D eigenvalue weighted by atomic mass is 35.5. The maximum Gasteiger partial charge on any atom is 0.418 e. The first kappa shape index (κ1) is 13.1. The van der Waals surface area contributed by atoms with Crippen molar-refractivity contribution in [1.29, 1.82) is 0 Å². The van der Waals surface area contributed by atoms with Gasteiger partial charge in [-0.2, -0.15) is 13.2 Å². The van der Waals surface area contributed by atoms with Gasteiger partial charge in [0.05, 0.1) is 22.4 Å². The van der Waals surface area contributed by atoms with Gasteiger partial charge in [-0.25, -0.2) is 0 Å². The number of benzene rings is 1. The quantitative estimate of drug-likeness (QED) is 0.796. The molecule has 0 saturated heterocycles. The average Bonchev–Trinajstić information content (AvgIpc) is 2.08. The molecular weight excluding hydrogens is 243 g/mol. The van der Waals surface area contributed by atoms with Crippen LogP contribution in [0.4, 0.5) is 18.9 Å². The van der Waals surface area contributed by atoms with Gasteiger partial charge in [0.15, 0.2) is 0 Å². The maximum atomic E-state index is 12.5. The van der Waals surface area contributed by atoms with Crippen LogP contribution in [0.15, 0.2) is 12.1 Å². The Morgan fingerprint density at radius 2 is 2.00 bits per heavy atom. The fourth-order valence-corrected chi connectivity index (χ4v) is 1.61. The van der Waals surface area contributed by atoms with Crippen LogP contribution in [0.2, 0.25) is 5.02 Å². The lowest BCUT2D eigenvalue weighted by Crippen LogP contribution is -2.12. The van der Waals surface area contributed by atoms with Gasteiger partial charge in [-0.05, 0) is 31.0 Å². The first-order chi connectivity index (χ1) is 7.21. The third kappa shape index (κ3) is 3.02. The predicted octanol–water partition coefficient (Wildman–Crippen LogP) is 2.86. The van der Waals surface area contributed by atoms with Crippen molar-refractivity contribution in [2.75, 3.05) is 5.73 Å². The molecule has 1 rings (SSSR count). The van der Waals surface area contributed by atoms with Crippen molar-refractivity contribution in [3.63, 3.8) is 0 Å². The molecule has 1 atom stereocenters. The number of rotatable bonds is 2. The topological polar surface area (TPSA) is 46.2 Å². The van der Waals surface area contributed by atoms with Crippen LogP contribution in [0.5, 0.6) is 0 Å². The van der Waals surface area contributed by atoms with E-state index < -0.39 is 23.5 Å². The van der Waals surface area contributed by atoms with E-state index in [0.29, 0.717) is 5.56 Å². The molecular formula is C10H11ClF3NO. The Balaban J connectivity index is 3.23. The molecule has 0 radical (unpaired) electrons. The zero-order valence-electron chi connectivity index (χ0n) is 8.48. The molecule has 0 aliphatic carbocycles. The van der Waals surface area contributed by atoms with Crippen molar-refractivity contribution in [2.45, 2.75) is 25.6 Å². The fourth-order valence-electron chi connectivity index (χ4n) is 1.37. The number of alkyl halides is 3. The minimum atomic E-state index is -4.54. The number of nitrogens with two attached hydrogens (primary N) is 1. The summed E-state index contributed by atoms with van der Waals surface area (Å²) in [7, 11) is 0. The molecule has 0 saturated carbocycles. The van der Waals surface area contributed by atoms with Crippen molar-refractivity contribution >= 4 is 17.3 Å². The number of aliphatic hydroxyl groups is 1. The van der Waals surface area contributed by atoms with Gasteiger partial charge in [0.25, 0.3) is 0 Å². The number of hydrogen-bond acceptors (Lipinski definition) is 2. The van der Waals surface area contributed by atoms with E-state index >= 15 is 0 Å². The molecule has 0 bridgehead atoms. The summed E-state index contributed by atoms with van der Waals surface area (Å²) in [5, 5.41) is 8.96. The van der Waals surface area contributed by atoms with Gasteiger partial charge in [-0.3, -0.25) is 0 Å². The smallest absolute Gasteiger partial charge is 0.397 e. The van der Waals surface area contributed by atoms with E-state index in [1.54, 1.807) is 0 Å². The second-order valence-corrected chi connectivity index (χ2v) is 4.00. The van der Waals surface area contributed by atoms with Gasteiger partial charge in [-0.1, -0.05) is 11.6 Å². The summed E-state index contributed by atoms with van der Waals surface area (Å²) in [5.74, 6) is 0. The lowest BCUT2D eigenvalue weighted by Gasteiger charge is -2.14. The Hall–Kier alpha value is -0.940. The zero-order chi connectivity index (χ0) is 12.5. The Morgan fingerprint density at radius 3 is 2.44 bits per heavy atom. The van der Waals surface area contributed by atoms with Crippen LogP contribution < -0.4 is 5.73 Å². The summed E-state index contributed by atoms with van der Waals surface area (Å²) >= 11 is 5.60. The lowest BCUT2D eigenvalue weighted by molar-refractivity contribution is -0.137. The highest BCUT2D eigenvalue weighted by molar-refractivity contribution is 6.33. The van der Waals surface area contributed by atoms with Crippen LogP contribution in [0.25, 0.3) is 0 Å². The maximum absolute atomic E-state index is 12.5. The summed E-state index contributed by atoms with van der Waals surface area (Å²) in [6, 6.07) is 2.24. The summed E-state index contributed by atoms with van der Waals surface area (Å²) in [6.07, 6.45) is -5.17. The Morgan fingerprint density at radius 1 is 1.44 bits per heavy atom. The number of anilines is 1. The standard InChI is InChI=1S/C10H11ClF3NO/c1-5(16)2-6-3-7(10(12,13)14)9(15)8(11)4-6/h3-5,16H,2,15H2,1H3/t5-/m1/s1. The largest absolute Gasteiger partial charge is 0.418 e. The normalized spacial score (nSPS) is 13.9. The average molecular weight is 254 g/mol. The monoisotopic (exact) mass is 253 g/mol. The van der Waals surface area contributed by atoms with Gasteiger partial charge in [0, 0.05) is 0 Å². The molecule has 16 heavy (non-hydrogen) atoms. The number of hydrogen-bond donors (Lipinski definition) is 2. The van der Waals surface area contributed by atoms with Crippen LogP contribution in [0, 0.1) is 0 Å². The second-order valence-electron chi connectivity index (χ2n) is 3.59. The molecule has 0 fully saturated rings. The third-order valence-electron chi connectivity index (χ3n) is 2.03. The SMILES string of the molecule is C[C@@H](O)Cc1cc(Cl)c(N)c(C(F)(F)F)c1. The highest BCUT2D eigenvalue weighted by Gasteiger charge is 2.34. The van der Waals surface area contributed by atoms with Crippen molar-refractivity contribution in [2.24, 2.45) is 0 Å². The summed E-state index contributed by atoms with van der Waals surface area (Å²) < 4.78 is 37.6. The minimum absolute atomic E-state index is 0.100. The van der Waals surface area contributed by atoms with E-state index in [-0.39, 0.29) is 11.4 Å². The van der Waals surface area contributed by atoms with Crippen LogP contribution in [0.1, 0.15) is 18.1 Å². The molecule has 0 aliphatic heterocycles. The van der Waals surface area contributed by atoms with E-state index in [4.69, 9.17) is 22.4 Å². The van der Waals surface area contributed by atoms with E-state index in [1.165, 1.54) is 13.0 Å². The molecule has 0 aliphatic rings. The first-order valence-electron chi connectivity index (χ1n) is 4.55. The molecule has 3 N–H and O–H groups in total. The fraction of sp³-hybridized carbons (Fsp3) is 0.400. The molecule has 0 spiro atoms. The summed E-state index contributed by atoms with van der Waals surface area (Å²) in [5.41, 5.74) is 4.12. The van der Waals surface area contributed by atoms with Gasteiger partial charge in [0.1, 0.15) is 0 Å². The van der Waals surface area contributed by atoms with Crippen LogP contribution in [-0.2, 0) is 12.6 Å². The molecule has 2 nitrogen and oxygen atoms in total. The van der Waals surface area contributed by atoms with Crippen molar-refractivity contribution in [3.05, 3.63) is 28.3 Å². The third-order valence-corrected chi connectivity index (χ3v) is 2.34. The first-order valence-corrected chi connectivity index (χ1v) is 4.92. The van der Waals surface area contributed by atoms with Crippen molar-refractivity contribution in [3.8, 4) is 0 Å². The zero-order valence-corrected chi connectivity index (χ0v) is 9.23. The van der Waals surface area contributed by atoms with E-state index in [0.717, 1.165) is 6.07 Å². The summed E-state index contributed by atoms with van der Waals surface area (Å²) in [6.45, 7) is 1.48. The molecule has 1 aromatic rings. The van der Waals surface area contributed by atoms with Gasteiger partial charge < -0.3 is 10.8 Å². The molecule has 6 heteroatoms. The molecule has 1 aromatic carbocycles. The number of aliphatic hydroxyl groups excluding tert-OH is 1. The second kappa shape index (κ2) is 4.51. The van der Waals surface area contributed by atoms with Crippen LogP contribution in [-0.4, -0.2) is 11.2 Å². The molecule has 0 amide bonds. The van der Waals surface area contributed by atoms with Crippen molar-refractivity contribution < 1.29 is 18.3 Å². The van der Waals surface area contributed by atoms with Gasteiger partial charge in [-0.15, -0.1) is 0 Å². The molecule has 0 aromatic heterocycles. The molecule has 0 unspecified atom stereocenters. The number of nitrogen functional groups attached to an aromatic ring is 1. The predicted molar refractivity (Wildman–Crippen MR) is 56.3 cm³/mol. The van der Waals surface area contributed by atoms with E-state index in [2.05, 4.69) is 0 Å². The molecule has 0 heterocycles. The van der Waals surface area contributed by atoms with Crippen LogP contribution >= 0.6 is 11.6 Å². The lowest BCUT2D eigenvalue weighted by atomic mass is 10.0. The highest BCUT2D eigenvalue weighted by Crippen LogP contribution is 2.37. The molecule has 90 valence electrons. The van der Waals surface area contributed by atoms with Crippen molar-refractivity contribution in [1.82, 2.24) is 0 Å². The Kier molecular flexibility index (Phi) is 3.70. The Bertz CT molecular complexity index is 390. The minimum Gasteiger partial charge on any atom is -0.397 e.